The van der Waals surface area contributed by atoms with Crippen LogP contribution in [0.2, 0.25) is 10.0 Å². The lowest BCUT2D eigenvalue weighted by Crippen LogP contribution is -2.68. The summed E-state index contributed by atoms with van der Waals surface area (Å²) in [5, 5.41) is 6.47. The second-order valence-corrected chi connectivity index (χ2v) is 8.46. The molecule has 1 aromatic heterocycles. The van der Waals surface area contributed by atoms with Crippen LogP contribution in [0, 0.1) is 0 Å². The monoisotopic (exact) mass is 449 g/mol. The molecule has 2 N–H and O–H groups in total. The third-order valence-corrected chi connectivity index (χ3v) is 5.98. The third kappa shape index (κ3) is 4.32. The lowest BCUT2D eigenvalue weighted by molar-refractivity contribution is -0.135. The van der Waals surface area contributed by atoms with Crippen molar-refractivity contribution in [2.75, 3.05) is 5.32 Å². The molecular formula is C21H21Cl2N3O4. The Morgan fingerprint density at radius 2 is 1.90 bits per heavy atom. The summed E-state index contributed by atoms with van der Waals surface area (Å²) in [6.45, 7) is 0. The minimum Gasteiger partial charge on any atom is -0.459 e. The van der Waals surface area contributed by atoms with Gasteiger partial charge in [-0.25, -0.2) is 0 Å². The van der Waals surface area contributed by atoms with E-state index in [1.807, 2.05) is 0 Å². The van der Waals surface area contributed by atoms with Crippen LogP contribution in [0.3, 0.4) is 0 Å². The van der Waals surface area contributed by atoms with E-state index in [0.717, 1.165) is 25.7 Å². The molecule has 30 heavy (non-hydrogen) atoms. The number of carbonyl (C=O) groups excluding carboxylic acids is 3. The van der Waals surface area contributed by atoms with Gasteiger partial charge in [0.05, 0.1) is 18.7 Å². The summed E-state index contributed by atoms with van der Waals surface area (Å²) in [4.78, 5) is 40.3. The van der Waals surface area contributed by atoms with E-state index >= 15 is 0 Å². The maximum absolute atomic E-state index is 13.2. The Morgan fingerprint density at radius 1 is 1.17 bits per heavy atom. The quantitative estimate of drug-likeness (QED) is 0.740. The maximum atomic E-state index is 13.2. The number of carbonyl (C=O) groups is 3. The van der Waals surface area contributed by atoms with Crippen molar-refractivity contribution < 1.29 is 18.8 Å². The van der Waals surface area contributed by atoms with E-state index in [2.05, 4.69) is 10.6 Å². The van der Waals surface area contributed by atoms with Gasteiger partial charge in [-0.15, -0.1) is 0 Å². The summed E-state index contributed by atoms with van der Waals surface area (Å²) in [6, 6.07) is 6.66. The van der Waals surface area contributed by atoms with Gasteiger partial charge in [0.15, 0.2) is 5.76 Å². The van der Waals surface area contributed by atoms with Crippen LogP contribution in [-0.2, 0) is 9.59 Å². The second kappa shape index (κ2) is 8.70. The molecule has 2 fully saturated rings. The van der Waals surface area contributed by atoms with Gasteiger partial charge in [0, 0.05) is 21.8 Å². The van der Waals surface area contributed by atoms with Crippen LogP contribution < -0.4 is 10.6 Å². The first-order chi connectivity index (χ1) is 14.4. The fourth-order valence-corrected chi connectivity index (χ4v) is 4.80. The largest absolute Gasteiger partial charge is 0.459 e. The number of hydrogen-bond donors (Lipinski definition) is 2. The van der Waals surface area contributed by atoms with Gasteiger partial charge in [-0.2, -0.15) is 0 Å². The predicted octanol–water partition coefficient (Wildman–Crippen LogP) is 3.87. The Hall–Kier alpha value is -2.51. The number of nitrogens with one attached hydrogen (secondary N) is 2. The molecule has 2 heterocycles. The van der Waals surface area contributed by atoms with Gasteiger partial charge in [0.25, 0.3) is 5.91 Å². The Labute approximate surface area is 183 Å². The fraction of sp³-hybridized carbons (Fsp3) is 0.381. The van der Waals surface area contributed by atoms with Crippen LogP contribution in [0.1, 0.15) is 42.7 Å². The highest BCUT2D eigenvalue weighted by Gasteiger charge is 2.46. The number of hydrogen-bond acceptors (Lipinski definition) is 4. The Bertz CT molecular complexity index is 943. The van der Waals surface area contributed by atoms with Crippen LogP contribution in [0.5, 0.6) is 0 Å². The zero-order valence-corrected chi connectivity index (χ0v) is 17.6. The van der Waals surface area contributed by atoms with Crippen molar-refractivity contribution in [2.45, 2.75) is 50.2 Å². The maximum Gasteiger partial charge on any atom is 0.290 e. The van der Waals surface area contributed by atoms with Gasteiger partial charge in [-0.1, -0.05) is 36.0 Å². The van der Waals surface area contributed by atoms with Crippen molar-refractivity contribution in [1.29, 1.82) is 0 Å². The van der Waals surface area contributed by atoms with Crippen LogP contribution in [0.4, 0.5) is 5.69 Å². The Kier molecular flexibility index (Phi) is 6.01. The molecule has 3 amide bonds. The topological polar surface area (TPSA) is 91.7 Å². The minimum atomic E-state index is -0.934. The first kappa shape index (κ1) is 20.8. The fourth-order valence-electron chi connectivity index (χ4n) is 4.27. The first-order valence-corrected chi connectivity index (χ1v) is 10.6. The summed E-state index contributed by atoms with van der Waals surface area (Å²) in [7, 11) is 0. The Morgan fingerprint density at radius 3 is 2.60 bits per heavy atom. The number of piperazine rings is 1. The minimum absolute atomic E-state index is 0.115. The molecule has 7 nitrogen and oxygen atoms in total. The smallest absolute Gasteiger partial charge is 0.290 e. The number of halogens is 2. The predicted molar refractivity (Wildman–Crippen MR) is 113 cm³/mol. The van der Waals surface area contributed by atoms with Crippen LogP contribution in [0.15, 0.2) is 41.0 Å². The third-order valence-electron chi connectivity index (χ3n) is 5.54. The molecule has 4 rings (SSSR count). The number of furan rings is 1. The van der Waals surface area contributed by atoms with E-state index in [-0.39, 0.29) is 36.1 Å². The lowest BCUT2D eigenvalue weighted by atomic mass is 9.85. The molecule has 158 valence electrons. The molecule has 2 aromatic rings. The summed E-state index contributed by atoms with van der Waals surface area (Å²) in [5.41, 5.74) is 0.424. The summed E-state index contributed by atoms with van der Waals surface area (Å²) < 4.78 is 5.29. The molecule has 0 spiro atoms. The molecule has 3 atom stereocenters. The lowest BCUT2D eigenvalue weighted by Gasteiger charge is -2.47. The van der Waals surface area contributed by atoms with E-state index in [1.54, 1.807) is 30.3 Å². The molecule has 1 aromatic carbocycles. The zero-order chi connectivity index (χ0) is 21.3. The van der Waals surface area contributed by atoms with Crippen LogP contribution >= 0.6 is 23.2 Å². The molecule has 1 aliphatic heterocycles. The molecular weight excluding hydrogens is 429 g/mol. The summed E-state index contributed by atoms with van der Waals surface area (Å²) >= 11 is 12.0. The zero-order valence-electron chi connectivity index (χ0n) is 16.1. The number of rotatable bonds is 4. The van der Waals surface area contributed by atoms with Gasteiger partial charge in [-0.3, -0.25) is 14.4 Å². The molecule has 1 saturated carbocycles. The van der Waals surface area contributed by atoms with Crippen molar-refractivity contribution in [2.24, 2.45) is 0 Å². The van der Waals surface area contributed by atoms with Gasteiger partial charge in [0.1, 0.15) is 6.04 Å². The van der Waals surface area contributed by atoms with E-state index in [9.17, 15) is 14.4 Å². The second-order valence-electron chi connectivity index (χ2n) is 7.58. The van der Waals surface area contributed by atoms with E-state index in [4.69, 9.17) is 27.6 Å². The first-order valence-electron chi connectivity index (χ1n) is 9.85. The standard InChI is InChI=1S/C21H21Cl2N3O4/c22-12-8-13(23)10-14(9-12)24-19(27)11-17-20(28)25-15-4-1-2-5-16(15)26(17)21(29)18-6-3-7-30-18/h3,6-10,15-17H,1-2,4-5,11H2,(H,24,27)(H,25,28). The van der Waals surface area contributed by atoms with Gasteiger partial charge >= 0.3 is 0 Å². The molecule has 1 aliphatic carbocycles. The normalized spacial score (nSPS) is 23.5. The molecule has 3 unspecified atom stereocenters. The SMILES string of the molecule is O=C(CC1C(=O)NC2CCCCC2N1C(=O)c1ccco1)Nc1cc(Cl)cc(Cl)c1. The average molecular weight is 450 g/mol. The van der Waals surface area contributed by atoms with Gasteiger partial charge in [0.2, 0.25) is 11.8 Å². The molecule has 1 saturated heterocycles. The highest BCUT2D eigenvalue weighted by atomic mass is 35.5. The number of benzene rings is 1. The number of anilines is 1. The Balaban J connectivity index is 1.57. The van der Waals surface area contributed by atoms with E-state index in [0.29, 0.717) is 15.7 Å². The van der Waals surface area contributed by atoms with E-state index in [1.165, 1.54) is 11.2 Å². The molecule has 2 aliphatic rings. The van der Waals surface area contributed by atoms with Crippen LogP contribution in [0.25, 0.3) is 0 Å². The van der Waals surface area contributed by atoms with Crippen molar-refractivity contribution in [1.82, 2.24) is 10.2 Å². The molecule has 0 radical (unpaired) electrons. The van der Waals surface area contributed by atoms with Gasteiger partial charge < -0.3 is 20.0 Å². The number of nitrogens with zero attached hydrogens (tertiary/aromatic N) is 1. The highest BCUT2D eigenvalue weighted by Crippen LogP contribution is 2.31. The number of fused-ring (bicyclic) bond motifs is 1. The summed E-state index contributed by atoms with van der Waals surface area (Å²) in [6.07, 6.45) is 4.74. The van der Waals surface area contributed by atoms with E-state index < -0.39 is 11.9 Å². The highest BCUT2D eigenvalue weighted by molar-refractivity contribution is 6.35. The van der Waals surface area contributed by atoms with Crippen molar-refractivity contribution in [3.05, 3.63) is 52.4 Å². The van der Waals surface area contributed by atoms with Crippen LogP contribution in [-0.4, -0.2) is 40.7 Å². The van der Waals surface area contributed by atoms with Gasteiger partial charge in [-0.05, 0) is 43.2 Å². The number of amides is 3. The average Bonchev–Trinajstić information content (AvgIpc) is 3.22. The summed E-state index contributed by atoms with van der Waals surface area (Å²) in [5.74, 6) is -0.978. The molecule has 0 bridgehead atoms. The van der Waals surface area contributed by atoms with Crippen molar-refractivity contribution >= 4 is 46.6 Å². The van der Waals surface area contributed by atoms with Crippen molar-refractivity contribution in [3.63, 3.8) is 0 Å². The molecule has 9 heteroatoms. The van der Waals surface area contributed by atoms with Crippen molar-refractivity contribution in [3.8, 4) is 0 Å².